The van der Waals surface area contributed by atoms with Crippen molar-refractivity contribution in [3.63, 3.8) is 0 Å². The number of unbranched alkanes of at least 4 members (excludes halogenated alkanes) is 1. The maximum absolute atomic E-state index is 13.6. The summed E-state index contributed by atoms with van der Waals surface area (Å²) in [5.41, 5.74) is 6.76. The van der Waals surface area contributed by atoms with Gasteiger partial charge in [0.05, 0.1) is 5.02 Å². The normalized spacial score (nSPS) is 17.9. The first-order valence-corrected chi connectivity index (χ1v) is 14.6. The van der Waals surface area contributed by atoms with Crippen molar-refractivity contribution in [2.45, 2.75) is 90.4 Å². The van der Waals surface area contributed by atoms with Crippen LogP contribution in [0.2, 0.25) is 5.02 Å². The number of hydrogen-bond donors (Lipinski definition) is 0. The average molecular weight is 505 g/mol. The third-order valence-corrected chi connectivity index (χ3v) is 8.51. The van der Waals surface area contributed by atoms with Crippen LogP contribution in [0.5, 0.6) is 0 Å². The van der Waals surface area contributed by atoms with Crippen LogP contribution in [0.1, 0.15) is 86.1 Å². The number of rotatable bonds is 12. The Labute approximate surface area is 223 Å². The molecule has 4 rings (SSSR count). The fraction of sp³-hybridized carbons (Fsp3) is 0.471. The van der Waals surface area contributed by atoms with E-state index >= 15 is 0 Å². The molecule has 1 fully saturated rings. The van der Waals surface area contributed by atoms with Gasteiger partial charge in [-0.2, -0.15) is 0 Å². The molecule has 0 heterocycles. The summed E-state index contributed by atoms with van der Waals surface area (Å²) in [6.07, 6.45) is 16.2. The lowest BCUT2D eigenvalue weighted by atomic mass is 9.77. The summed E-state index contributed by atoms with van der Waals surface area (Å²) in [6.45, 7) is 2.26. The van der Waals surface area contributed by atoms with Crippen LogP contribution in [0.3, 0.4) is 0 Å². The molecule has 2 heteroatoms. The number of halogens is 2. The molecule has 0 spiro atoms. The largest absolute Gasteiger partial charge is 0.205 e. The number of hydrogen-bond acceptors (Lipinski definition) is 0. The lowest BCUT2D eigenvalue weighted by molar-refractivity contribution is 0.253. The monoisotopic (exact) mass is 504 g/mol. The zero-order chi connectivity index (χ0) is 25.2. The zero-order valence-corrected chi connectivity index (χ0v) is 22.7. The minimum atomic E-state index is -0.328. The minimum Gasteiger partial charge on any atom is -0.205 e. The van der Waals surface area contributed by atoms with Crippen molar-refractivity contribution in [1.82, 2.24) is 0 Å². The molecule has 1 aliphatic carbocycles. The van der Waals surface area contributed by atoms with Crippen LogP contribution in [0.25, 0.3) is 0 Å². The summed E-state index contributed by atoms with van der Waals surface area (Å²) >= 11 is 5.79. The predicted molar refractivity (Wildman–Crippen MR) is 152 cm³/mol. The van der Waals surface area contributed by atoms with Gasteiger partial charge in [-0.3, -0.25) is 0 Å². The van der Waals surface area contributed by atoms with Crippen LogP contribution in [-0.2, 0) is 32.1 Å². The van der Waals surface area contributed by atoms with E-state index in [9.17, 15) is 4.39 Å². The standard InChI is InChI=1S/C34H42ClF/c1-2-3-4-26-5-7-27(8-6-26)9-10-28-11-13-29(14-12-28)15-16-30-17-19-31(20-18-30)21-22-32-23-24-33(35)34(36)25-32/h5-8,17-20,23-25,28-29H,2-4,9-16,21-22H2,1H3/t28-,29-. The van der Waals surface area contributed by atoms with E-state index in [0.717, 1.165) is 30.2 Å². The highest BCUT2D eigenvalue weighted by Crippen LogP contribution is 2.34. The molecule has 0 N–H and O–H groups in total. The third-order valence-electron chi connectivity index (χ3n) is 8.20. The lowest BCUT2D eigenvalue weighted by Crippen LogP contribution is -2.15. The first-order valence-electron chi connectivity index (χ1n) is 14.2. The molecular weight excluding hydrogens is 463 g/mol. The van der Waals surface area contributed by atoms with Crippen LogP contribution in [-0.4, -0.2) is 0 Å². The molecule has 0 atom stereocenters. The summed E-state index contributed by atoms with van der Waals surface area (Å²) in [6, 6.07) is 23.6. The van der Waals surface area contributed by atoms with Gasteiger partial charge in [0, 0.05) is 0 Å². The van der Waals surface area contributed by atoms with Gasteiger partial charge in [-0.25, -0.2) is 4.39 Å². The Morgan fingerprint density at radius 2 is 1.03 bits per heavy atom. The Morgan fingerprint density at radius 1 is 0.611 bits per heavy atom. The van der Waals surface area contributed by atoms with Gasteiger partial charge in [-0.1, -0.05) is 105 Å². The Hall–Kier alpha value is -2.12. The quantitative estimate of drug-likeness (QED) is 0.230. The fourth-order valence-electron chi connectivity index (χ4n) is 5.66. The molecule has 0 saturated heterocycles. The van der Waals surface area contributed by atoms with Crippen LogP contribution >= 0.6 is 11.6 Å². The van der Waals surface area contributed by atoms with Crippen molar-refractivity contribution in [2.75, 3.05) is 0 Å². The van der Waals surface area contributed by atoms with Gasteiger partial charge >= 0.3 is 0 Å². The highest BCUT2D eigenvalue weighted by Gasteiger charge is 2.21. The second kappa shape index (κ2) is 14.0. The molecule has 0 unspecified atom stereocenters. The maximum atomic E-state index is 13.6. The number of aryl methyl sites for hydroxylation is 5. The van der Waals surface area contributed by atoms with Crippen LogP contribution in [0.15, 0.2) is 66.7 Å². The summed E-state index contributed by atoms with van der Waals surface area (Å²) < 4.78 is 13.6. The summed E-state index contributed by atoms with van der Waals surface area (Å²) in [5, 5.41) is 0.194. The second-order valence-corrected chi connectivity index (χ2v) is 11.4. The van der Waals surface area contributed by atoms with Crippen molar-refractivity contribution in [1.29, 1.82) is 0 Å². The predicted octanol–water partition coefficient (Wildman–Crippen LogP) is 9.98. The minimum absolute atomic E-state index is 0.194. The first-order chi connectivity index (χ1) is 17.6. The van der Waals surface area contributed by atoms with Crippen molar-refractivity contribution >= 4 is 11.6 Å². The summed E-state index contributed by atoms with van der Waals surface area (Å²) in [5.74, 6) is 1.47. The lowest BCUT2D eigenvalue weighted by Gasteiger charge is -2.28. The Kier molecular flexibility index (Phi) is 10.5. The van der Waals surface area contributed by atoms with Gasteiger partial charge in [0.15, 0.2) is 0 Å². The van der Waals surface area contributed by atoms with Crippen LogP contribution in [0.4, 0.5) is 4.39 Å². The van der Waals surface area contributed by atoms with Crippen molar-refractivity contribution in [2.24, 2.45) is 11.8 Å². The molecule has 3 aromatic carbocycles. The van der Waals surface area contributed by atoms with Crippen molar-refractivity contribution in [3.05, 3.63) is 105 Å². The number of benzene rings is 3. The van der Waals surface area contributed by atoms with Gasteiger partial charge in [-0.15, -0.1) is 0 Å². The topological polar surface area (TPSA) is 0 Å². The molecule has 0 bridgehead atoms. The van der Waals surface area contributed by atoms with Gasteiger partial charge in [-0.05, 0) is 103 Å². The van der Waals surface area contributed by atoms with Gasteiger partial charge in [0.1, 0.15) is 5.82 Å². The van der Waals surface area contributed by atoms with Crippen molar-refractivity contribution < 1.29 is 4.39 Å². The zero-order valence-electron chi connectivity index (χ0n) is 22.0. The van der Waals surface area contributed by atoms with E-state index < -0.39 is 0 Å². The molecule has 0 amide bonds. The Bertz CT molecular complexity index is 1050. The molecular formula is C34H42ClF. The average Bonchev–Trinajstić information content (AvgIpc) is 2.92. The molecule has 1 aliphatic rings. The Morgan fingerprint density at radius 3 is 1.50 bits per heavy atom. The molecule has 0 aromatic heterocycles. The van der Waals surface area contributed by atoms with E-state index in [1.54, 1.807) is 12.1 Å². The highest BCUT2D eigenvalue weighted by atomic mass is 35.5. The molecule has 0 nitrogen and oxygen atoms in total. The van der Waals surface area contributed by atoms with Gasteiger partial charge < -0.3 is 0 Å². The molecule has 0 radical (unpaired) electrons. The van der Waals surface area contributed by atoms with Crippen LogP contribution in [0, 0.1) is 17.7 Å². The van der Waals surface area contributed by atoms with E-state index in [-0.39, 0.29) is 10.8 Å². The Balaban J connectivity index is 1.12. The van der Waals surface area contributed by atoms with Gasteiger partial charge in [0.25, 0.3) is 0 Å². The smallest absolute Gasteiger partial charge is 0.142 e. The van der Waals surface area contributed by atoms with E-state index in [0.29, 0.717) is 0 Å². The van der Waals surface area contributed by atoms with Crippen LogP contribution < -0.4 is 0 Å². The van der Waals surface area contributed by atoms with E-state index in [4.69, 9.17) is 11.6 Å². The highest BCUT2D eigenvalue weighted by molar-refractivity contribution is 6.30. The molecule has 192 valence electrons. The van der Waals surface area contributed by atoms with Gasteiger partial charge in [0.2, 0.25) is 0 Å². The summed E-state index contributed by atoms with van der Waals surface area (Å²) in [7, 11) is 0. The third kappa shape index (κ3) is 8.48. The fourth-order valence-corrected chi connectivity index (χ4v) is 5.78. The van der Waals surface area contributed by atoms with E-state index in [1.165, 1.54) is 92.9 Å². The second-order valence-electron chi connectivity index (χ2n) is 10.9. The van der Waals surface area contributed by atoms with E-state index in [1.807, 2.05) is 6.07 Å². The van der Waals surface area contributed by atoms with E-state index in [2.05, 4.69) is 55.5 Å². The molecule has 1 saturated carbocycles. The molecule has 3 aromatic rings. The maximum Gasteiger partial charge on any atom is 0.142 e. The van der Waals surface area contributed by atoms with Crippen molar-refractivity contribution in [3.8, 4) is 0 Å². The summed E-state index contributed by atoms with van der Waals surface area (Å²) in [4.78, 5) is 0. The molecule has 0 aliphatic heterocycles. The molecule has 36 heavy (non-hydrogen) atoms. The SMILES string of the molecule is CCCCc1ccc(CC[C@H]2CC[C@H](CCc3ccc(CCc4ccc(Cl)c(F)c4)cc3)CC2)cc1. The first kappa shape index (κ1) is 26.9.